The number of nitriles is 1. The van der Waals surface area contributed by atoms with Gasteiger partial charge in [-0.15, -0.1) is 0 Å². The minimum Gasteiger partial charge on any atom is -0.387 e. The van der Waals surface area contributed by atoms with E-state index in [1.54, 1.807) is 30.3 Å². The molecule has 0 spiro atoms. The molecule has 0 aliphatic rings. The van der Waals surface area contributed by atoms with Crippen LogP contribution in [0.25, 0.3) is 0 Å². The third-order valence-corrected chi connectivity index (χ3v) is 5.35. The molecule has 0 aliphatic heterocycles. The largest absolute Gasteiger partial charge is 0.387 e. The summed E-state index contributed by atoms with van der Waals surface area (Å²) in [4.78, 5) is 21.6. The van der Waals surface area contributed by atoms with Crippen LogP contribution in [0.1, 0.15) is 29.8 Å². The summed E-state index contributed by atoms with van der Waals surface area (Å²) in [5.74, 6) is -1.39. The van der Waals surface area contributed by atoms with Gasteiger partial charge >= 0.3 is 0 Å². The molecule has 0 saturated carbocycles. The minimum atomic E-state index is -1.69. The van der Waals surface area contributed by atoms with Crippen LogP contribution in [0.2, 0.25) is 0 Å². The van der Waals surface area contributed by atoms with E-state index in [2.05, 4.69) is 25.9 Å². The molecule has 0 unspecified atom stereocenters. The van der Waals surface area contributed by atoms with E-state index in [4.69, 9.17) is 10.4 Å². The predicted octanol–water partition coefficient (Wildman–Crippen LogP) is 3.78. The highest BCUT2D eigenvalue weighted by atomic mass is 32.2. The summed E-state index contributed by atoms with van der Waals surface area (Å²) in [7, 11) is 0. The van der Waals surface area contributed by atoms with Gasteiger partial charge in [-0.05, 0) is 50.1 Å². The van der Waals surface area contributed by atoms with Crippen molar-refractivity contribution in [2.45, 2.75) is 30.5 Å². The molecule has 0 radical (unpaired) electrons. The van der Waals surface area contributed by atoms with Crippen LogP contribution >= 0.6 is 11.9 Å². The van der Waals surface area contributed by atoms with Crippen molar-refractivity contribution >= 4 is 40.9 Å². The lowest BCUT2D eigenvalue weighted by atomic mass is 10.0. The van der Waals surface area contributed by atoms with Crippen molar-refractivity contribution in [1.29, 1.82) is 5.26 Å². The Hall–Kier alpha value is -3.79. The molecule has 0 bridgehead atoms. The van der Waals surface area contributed by atoms with Crippen LogP contribution in [0.5, 0.6) is 0 Å². The molecule has 9 nitrogen and oxygen atoms in total. The van der Waals surface area contributed by atoms with E-state index < -0.39 is 30.0 Å². The van der Waals surface area contributed by atoms with Crippen LogP contribution in [0.3, 0.4) is 0 Å². The second-order valence-corrected chi connectivity index (χ2v) is 8.72. The monoisotopic (exact) mass is 499 g/mol. The Kier molecular flexibility index (Phi) is 8.18. The molecule has 2 aromatic heterocycles. The van der Waals surface area contributed by atoms with E-state index in [-0.39, 0.29) is 28.5 Å². The second kappa shape index (κ2) is 11.1. The average Bonchev–Trinajstić information content (AvgIpc) is 2.83. The van der Waals surface area contributed by atoms with E-state index in [9.17, 15) is 18.7 Å². The summed E-state index contributed by atoms with van der Waals surface area (Å²) in [5.41, 5.74) is -0.595. The van der Waals surface area contributed by atoms with Crippen LogP contribution in [0, 0.1) is 17.1 Å². The number of hydrogen-bond acceptors (Lipinski definition) is 9. The molecule has 3 aromatic rings. The fourth-order valence-electron chi connectivity index (χ4n) is 2.85. The van der Waals surface area contributed by atoms with Crippen molar-refractivity contribution in [3.63, 3.8) is 0 Å². The maximum Gasteiger partial charge on any atom is 0.255 e. The highest BCUT2D eigenvalue weighted by Crippen LogP contribution is 2.27. The minimum absolute atomic E-state index is 0.0604. The van der Waals surface area contributed by atoms with Crippen molar-refractivity contribution in [3.05, 3.63) is 65.7 Å². The van der Waals surface area contributed by atoms with Crippen LogP contribution in [0.4, 0.5) is 31.8 Å². The first-order chi connectivity index (χ1) is 16.6. The van der Waals surface area contributed by atoms with E-state index in [1.165, 1.54) is 32.3 Å². The van der Waals surface area contributed by atoms with E-state index >= 15 is 0 Å². The smallest absolute Gasteiger partial charge is 0.255 e. The number of halogens is 2. The molecule has 6 N–H and O–H groups in total. The summed E-state index contributed by atoms with van der Waals surface area (Å²) in [6.45, 7) is 2.19. The number of nitrogens with two attached hydrogens (primary N) is 1. The van der Waals surface area contributed by atoms with Crippen molar-refractivity contribution in [3.8, 4) is 6.07 Å². The number of aromatic nitrogens is 2. The molecule has 3 rings (SSSR count). The van der Waals surface area contributed by atoms with E-state index in [0.29, 0.717) is 5.69 Å². The highest BCUT2D eigenvalue weighted by Gasteiger charge is 2.27. The highest BCUT2D eigenvalue weighted by molar-refractivity contribution is 7.97. The number of rotatable bonds is 9. The lowest BCUT2D eigenvalue weighted by Gasteiger charge is -2.22. The van der Waals surface area contributed by atoms with Gasteiger partial charge in [0.25, 0.3) is 5.91 Å². The lowest BCUT2D eigenvalue weighted by molar-refractivity contribution is -0.00177. The number of anilines is 4. The van der Waals surface area contributed by atoms with Crippen molar-refractivity contribution in [2.75, 3.05) is 17.2 Å². The summed E-state index contributed by atoms with van der Waals surface area (Å²) in [6, 6.07) is 11.4. The molecular weight excluding hydrogens is 476 g/mol. The zero-order chi connectivity index (χ0) is 25.6. The molecule has 182 valence electrons. The average molecular weight is 500 g/mol. The number of benzene rings is 1. The first-order valence-corrected chi connectivity index (χ1v) is 11.2. The fraction of sp³-hybridized carbons (Fsp3) is 0.217. The van der Waals surface area contributed by atoms with Crippen LogP contribution < -0.4 is 21.1 Å². The zero-order valence-electron chi connectivity index (χ0n) is 18.8. The van der Waals surface area contributed by atoms with Gasteiger partial charge < -0.3 is 21.1 Å². The number of amides is 1. The third-order valence-electron chi connectivity index (χ3n) is 4.82. The Morgan fingerprint density at radius 2 is 2.03 bits per heavy atom. The Balaban J connectivity index is 1.91. The van der Waals surface area contributed by atoms with Gasteiger partial charge in [-0.2, -0.15) is 5.26 Å². The quantitative estimate of drug-likeness (QED) is 0.277. The number of alkyl halides is 1. The van der Waals surface area contributed by atoms with Crippen LogP contribution in [-0.2, 0) is 0 Å². The van der Waals surface area contributed by atoms with Crippen molar-refractivity contribution in [2.24, 2.45) is 5.14 Å². The molecule has 0 aliphatic carbocycles. The normalized spacial score (nSPS) is 11.9. The standard InChI is InChI=1S/C23H23F2N7O2S/c1-23(2,34)19(25)12-30-22(33)16-11-28-20(32-21-17(24)6-13(9-26)10-29-21)8-18(16)31-14-4-3-5-15(7-14)35-27/h3-8,10-11,19,34H,12,27H2,1-2H3,(H,30,33)(H2,28,29,31,32)/t19-/m1/s1. The SMILES string of the molecule is CC(C)(O)[C@H](F)CNC(=O)c1cnc(Nc2ncc(C#N)cc2F)cc1Nc1cccc(SN)c1. The second-order valence-electron chi connectivity index (χ2n) is 8.01. The zero-order valence-corrected chi connectivity index (χ0v) is 19.7. The number of nitrogens with one attached hydrogen (secondary N) is 3. The predicted molar refractivity (Wildman–Crippen MR) is 130 cm³/mol. The van der Waals surface area contributed by atoms with Gasteiger partial charge in [0.15, 0.2) is 11.6 Å². The Bertz CT molecular complexity index is 1260. The van der Waals surface area contributed by atoms with Gasteiger partial charge in [-0.1, -0.05) is 6.07 Å². The van der Waals surface area contributed by atoms with E-state index in [1.807, 2.05) is 0 Å². The summed E-state index contributed by atoms with van der Waals surface area (Å²) in [6.07, 6.45) is 0.749. The molecule has 0 saturated heterocycles. The molecule has 0 fully saturated rings. The molecular formula is C23H23F2N7O2S. The first kappa shape index (κ1) is 25.8. The third kappa shape index (κ3) is 6.86. The lowest BCUT2D eigenvalue weighted by Crippen LogP contribution is -2.42. The molecule has 12 heteroatoms. The van der Waals surface area contributed by atoms with Crippen LogP contribution in [0.15, 0.2) is 53.7 Å². The fourth-order valence-corrected chi connectivity index (χ4v) is 3.20. The van der Waals surface area contributed by atoms with E-state index in [0.717, 1.165) is 22.9 Å². The molecule has 2 heterocycles. The number of pyridine rings is 2. The Labute approximate surface area is 204 Å². The van der Waals surface area contributed by atoms with Gasteiger partial charge in [-0.3, -0.25) is 9.93 Å². The molecule has 35 heavy (non-hydrogen) atoms. The Morgan fingerprint density at radius 1 is 1.26 bits per heavy atom. The molecule has 1 amide bonds. The molecule has 1 aromatic carbocycles. The van der Waals surface area contributed by atoms with Gasteiger partial charge in [-0.25, -0.2) is 18.7 Å². The number of hydrogen-bond donors (Lipinski definition) is 5. The Morgan fingerprint density at radius 3 is 2.69 bits per heavy atom. The summed E-state index contributed by atoms with van der Waals surface area (Å²) < 4.78 is 28.4. The van der Waals surface area contributed by atoms with Crippen LogP contribution in [-0.4, -0.2) is 39.3 Å². The topological polar surface area (TPSA) is 149 Å². The molecule has 1 atom stereocenters. The number of carbonyl (C=O) groups excluding carboxylic acids is 1. The van der Waals surface area contributed by atoms with Gasteiger partial charge in [0.2, 0.25) is 0 Å². The van der Waals surface area contributed by atoms with Gasteiger partial charge in [0.1, 0.15) is 18.1 Å². The number of nitrogens with zero attached hydrogens (tertiary/aromatic N) is 3. The first-order valence-electron chi connectivity index (χ1n) is 10.3. The maximum atomic E-state index is 14.3. The maximum absolute atomic E-state index is 14.3. The van der Waals surface area contributed by atoms with Crippen molar-refractivity contribution in [1.82, 2.24) is 15.3 Å². The van der Waals surface area contributed by atoms with Gasteiger partial charge in [0.05, 0.1) is 29.0 Å². The number of aliphatic hydroxyl groups is 1. The summed E-state index contributed by atoms with van der Waals surface area (Å²) in [5, 5.41) is 32.5. The number of carbonyl (C=O) groups is 1. The van der Waals surface area contributed by atoms with Gasteiger partial charge in [0, 0.05) is 29.0 Å². The summed E-state index contributed by atoms with van der Waals surface area (Å²) >= 11 is 1.04. The van der Waals surface area contributed by atoms with Crippen molar-refractivity contribution < 1.29 is 18.7 Å².